The Balaban J connectivity index is 1.61. The highest BCUT2D eigenvalue weighted by Gasteiger charge is 2.17. The Morgan fingerprint density at radius 1 is 1.06 bits per heavy atom. The molecule has 0 aliphatic rings. The van der Waals surface area contributed by atoms with E-state index < -0.39 is 11.2 Å². The molecule has 0 unspecified atom stereocenters. The smallest absolute Gasteiger partial charge is 0.332 e. The van der Waals surface area contributed by atoms with Gasteiger partial charge in [-0.05, 0) is 17.7 Å². The number of hydrogen-bond acceptors (Lipinski definition) is 7. The number of carbonyl (C=O) groups is 1. The summed E-state index contributed by atoms with van der Waals surface area (Å²) in [6.45, 7) is 0.369. The molecule has 0 saturated carbocycles. The molecule has 2 aromatic heterocycles. The standard InChI is InChI=1S/C20H25N5O5S/c1-23-17-16(18(27)25(3)20(28)24(17)2)22-19(23)31-9-8-15(26)21-11-12-6-7-13(29-4)14(10-12)30-5/h6-7,10H,8-9,11H2,1-5H3,(H,21,26). The van der Waals surface area contributed by atoms with Crippen molar-refractivity contribution in [2.75, 3.05) is 20.0 Å². The van der Waals surface area contributed by atoms with Crippen LogP contribution in [0.3, 0.4) is 0 Å². The molecule has 0 fully saturated rings. The number of imidazole rings is 1. The molecule has 1 aromatic carbocycles. The van der Waals surface area contributed by atoms with Gasteiger partial charge in [-0.1, -0.05) is 17.8 Å². The Bertz CT molecular complexity index is 1240. The van der Waals surface area contributed by atoms with E-state index in [4.69, 9.17) is 9.47 Å². The molecule has 11 heteroatoms. The van der Waals surface area contributed by atoms with Gasteiger partial charge in [0, 0.05) is 39.9 Å². The minimum atomic E-state index is -0.437. The summed E-state index contributed by atoms with van der Waals surface area (Å²) in [5.41, 5.74) is 0.728. The predicted molar refractivity (Wildman–Crippen MR) is 118 cm³/mol. The average molecular weight is 448 g/mol. The van der Waals surface area contributed by atoms with Crippen molar-refractivity contribution in [3.8, 4) is 11.5 Å². The number of benzene rings is 1. The summed E-state index contributed by atoms with van der Waals surface area (Å²) in [7, 11) is 7.90. The Morgan fingerprint density at radius 3 is 2.45 bits per heavy atom. The van der Waals surface area contributed by atoms with Gasteiger partial charge in [0.05, 0.1) is 14.2 Å². The van der Waals surface area contributed by atoms with Crippen molar-refractivity contribution >= 4 is 28.8 Å². The van der Waals surface area contributed by atoms with Crippen molar-refractivity contribution in [3.63, 3.8) is 0 Å². The summed E-state index contributed by atoms with van der Waals surface area (Å²) in [6.07, 6.45) is 0.276. The highest BCUT2D eigenvalue weighted by atomic mass is 32.2. The van der Waals surface area contributed by atoms with Gasteiger partial charge >= 0.3 is 5.69 Å². The number of aromatic nitrogens is 4. The van der Waals surface area contributed by atoms with E-state index in [2.05, 4.69) is 10.3 Å². The van der Waals surface area contributed by atoms with Crippen molar-refractivity contribution in [2.24, 2.45) is 21.1 Å². The first-order chi connectivity index (χ1) is 14.8. The van der Waals surface area contributed by atoms with Crippen LogP contribution < -0.4 is 26.0 Å². The first-order valence-electron chi connectivity index (χ1n) is 9.51. The number of nitrogens with zero attached hydrogens (tertiary/aromatic N) is 4. The Morgan fingerprint density at radius 2 is 1.77 bits per heavy atom. The Kier molecular flexibility index (Phi) is 6.74. The van der Waals surface area contributed by atoms with Crippen molar-refractivity contribution < 1.29 is 14.3 Å². The third-order valence-electron chi connectivity index (χ3n) is 4.92. The second-order valence-electron chi connectivity index (χ2n) is 6.90. The molecule has 1 N–H and O–H groups in total. The maximum atomic E-state index is 12.3. The molecule has 10 nitrogen and oxygen atoms in total. The zero-order valence-corrected chi connectivity index (χ0v) is 18.9. The van der Waals surface area contributed by atoms with Crippen LogP contribution in [0, 0.1) is 0 Å². The molecule has 0 bridgehead atoms. The van der Waals surface area contributed by atoms with Gasteiger partial charge in [-0.25, -0.2) is 9.78 Å². The highest BCUT2D eigenvalue weighted by molar-refractivity contribution is 7.99. The van der Waals surface area contributed by atoms with E-state index in [9.17, 15) is 14.4 Å². The summed E-state index contributed by atoms with van der Waals surface area (Å²) in [6, 6.07) is 5.47. The van der Waals surface area contributed by atoms with Crippen LogP contribution in [0.1, 0.15) is 12.0 Å². The topological polar surface area (TPSA) is 109 Å². The average Bonchev–Trinajstić information content (AvgIpc) is 3.10. The monoisotopic (exact) mass is 447 g/mol. The maximum Gasteiger partial charge on any atom is 0.332 e. The van der Waals surface area contributed by atoms with Gasteiger partial charge in [0.15, 0.2) is 27.8 Å². The van der Waals surface area contributed by atoms with Crippen LogP contribution in [0.25, 0.3) is 11.2 Å². The lowest BCUT2D eigenvalue weighted by atomic mass is 10.2. The van der Waals surface area contributed by atoms with Crippen LogP contribution in [-0.2, 0) is 32.5 Å². The summed E-state index contributed by atoms with van der Waals surface area (Å²) < 4.78 is 14.6. The number of aryl methyl sites for hydroxylation is 2. The number of rotatable bonds is 8. The number of fused-ring (bicyclic) bond motifs is 1. The van der Waals surface area contributed by atoms with E-state index >= 15 is 0 Å². The molecule has 0 aliphatic heterocycles. The van der Waals surface area contributed by atoms with Gasteiger partial charge in [0.25, 0.3) is 5.56 Å². The van der Waals surface area contributed by atoms with E-state index in [0.29, 0.717) is 34.6 Å². The van der Waals surface area contributed by atoms with Gasteiger partial charge in [-0.2, -0.15) is 0 Å². The van der Waals surface area contributed by atoms with Crippen LogP contribution in [0.15, 0.2) is 32.9 Å². The van der Waals surface area contributed by atoms with E-state index in [1.807, 2.05) is 12.1 Å². The quantitative estimate of drug-likeness (QED) is 0.509. The summed E-state index contributed by atoms with van der Waals surface area (Å²) >= 11 is 1.35. The summed E-state index contributed by atoms with van der Waals surface area (Å²) in [5.74, 6) is 1.60. The number of hydrogen-bond donors (Lipinski definition) is 1. The third kappa shape index (κ3) is 4.46. The molecule has 31 heavy (non-hydrogen) atoms. The Hall–Kier alpha value is -3.21. The third-order valence-corrected chi connectivity index (χ3v) is 5.95. The van der Waals surface area contributed by atoms with E-state index in [1.54, 1.807) is 38.9 Å². The van der Waals surface area contributed by atoms with Crippen LogP contribution in [0.2, 0.25) is 0 Å². The SMILES string of the molecule is COc1ccc(CNC(=O)CCSc2nc3c(=O)n(C)c(=O)n(C)c3n2C)cc1OC. The van der Waals surface area contributed by atoms with E-state index in [-0.39, 0.29) is 17.8 Å². The fraction of sp³-hybridized carbons (Fsp3) is 0.400. The van der Waals surface area contributed by atoms with Gasteiger partial charge in [0.1, 0.15) is 0 Å². The van der Waals surface area contributed by atoms with Gasteiger partial charge < -0.3 is 19.4 Å². The highest BCUT2D eigenvalue weighted by Crippen LogP contribution is 2.27. The van der Waals surface area contributed by atoms with Crippen LogP contribution in [-0.4, -0.2) is 44.6 Å². The fourth-order valence-electron chi connectivity index (χ4n) is 3.20. The predicted octanol–water partition coefficient (Wildman–Crippen LogP) is 0.786. The molecule has 166 valence electrons. The largest absolute Gasteiger partial charge is 0.493 e. The normalized spacial score (nSPS) is 11.0. The molecular weight excluding hydrogens is 422 g/mol. The van der Waals surface area contributed by atoms with Crippen molar-refractivity contribution in [2.45, 2.75) is 18.1 Å². The van der Waals surface area contributed by atoms with E-state index in [1.165, 1.54) is 23.4 Å². The molecule has 3 rings (SSSR count). The first kappa shape index (κ1) is 22.5. The lowest BCUT2D eigenvalue weighted by Crippen LogP contribution is -2.37. The summed E-state index contributed by atoms with van der Waals surface area (Å²) in [4.78, 5) is 41.1. The molecule has 0 saturated heterocycles. The van der Waals surface area contributed by atoms with Crippen LogP contribution in [0.4, 0.5) is 0 Å². The molecule has 0 aliphatic carbocycles. The molecule has 0 radical (unpaired) electrons. The van der Waals surface area contributed by atoms with Gasteiger partial charge in [-0.15, -0.1) is 0 Å². The van der Waals surface area contributed by atoms with Crippen LogP contribution in [0.5, 0.6) is 11.5 Å². The zero-order valence-electron chi connectivity index (χ0n) is 18.1. The minimum absolute atomic E-state index is 0.107. The Labute approximate surface area is 182 Å². The van der Waals surface area contributed by atoms with Crippen molar-refractivity contribution in [1.29, 1.82) is 0 Å². The van der Waals surface area contributed by atoms with Gasteiger partial charge in [-0.3, -0.25) is 18.7 Å². The zero-order chi connectivity index (χ0) is 22.7. The molecular formula is C20H25N5O5S. The maximum absolute atomic E-state index is 12.3. The number of carbonyl (C=O) groups excluding carboxylic acids is 1. The van der Waals surface area contributed by atoms with Gasteiger partial charge in [0.2, 0.25) is 5.91 Å². The van der Waals surface area contributed by atoms with E-state index in [0.717, 1.165) is 10.1 Å². The van der Waals surface area contributed by atoms with Crippen molar-refractivity contribution in [1.82, 2.24) is 24.0 Å². The lowest BCUT2D eigenvalue weighted by molar-refractivity contribution is -0.120. The summed E-state index contributed by atoms with van der Waals surface area (Å²) in [5, 5.41) is 3.44. The molecule has 2 heterocycles. The minimum Gasteiger partial charge on any atom is -0.493 e. The van der Waals surface area contributed by atoms with Crippen molar-refractivity contribution in [3.05, 3.63) is 44.6 Å². The second-order valence-corrected chi connectivity index (χ2v) is 7.96. The molecule has 0 atom stereocenters. The van der Waals surface area contributed by atoms with Crippen LogP contribution >= 0.6 is 11.8 Å². The fourth-order valence-corrected chi connectivity index (χ4v) is 4.11. The number of ether oxygens (including phenoxy) is 2. The molecule has 3 aromatic rings. The number of amides is 1. The first-order valence-corrected chi connectivity index (χ1v) is 10.5. The number of methoxy groups -OCH3 is 2. The second kappa shape index (κ2) is 9.29. The molecule has 1 amide bonds. The number of thioether (sulfide) groups is 1. The number of nitrogens with one attached hydrogen (secondary N) is 1. The lowest BCUT2D eigenvalue weighted by Gasteiger charge is -2.10. The molecule has 0 spiro atoms.